The second kappa shape index (κ2) is 5.72. The molecule has 0 radical (unpaired) electrons. The van der Waals surface area contributed by atoms with Crippen LogP contribution >= 0.6 is 15.9 Å². The molecule has 0 saturated carbocycles. The molecule has 2 aliphatic rings. The van der Waals surface area contributed by atoms with Gasteiger partial charge in [0.15, 0.2) is 0 Å². The number of hydrogen-bond donors (Lipinski definition) is 0. The maximum absolute atomic E-state index is 13.0. The molecule has 0 spiro atoms. The summed E-state index contributed by atoms with van der Waals surface area (Å²) in [6.07, 6.45) is 7.33. The van der Waals surface area contributed by atoms with E-state index in [-0.39, 0.29) is 12.1 Å². The molecule has 2 saturated heterocycles. The highest BCUT2D eigenvalue weighted by Crippen LogP contribution is 2.43. The van der Waals surface area contributed by atoms with Crippen molar-refractivity contribution < 1.29 is 8.42 Å². The number of nitrogens with zero attached hydrogens (tertiary/aromatic N) is 3. The van der Waals surface area contributed by atoms with Gasteiger partial charge in [0.2, 0.25) is 10.0 Å². The highest BCUT2D eigenvalue weighted by molar-refractivity contribution is 9.10. The van der Waals surface area contributed by atoms with Crippen LogP contribution in [0.3, 0.4) is 0 Å². The predicted molar refractivity (Wildman–Crippen MR) is 90.5 cm³/mol. The van der Waals surface area contributed by atoms with Crippen molar-refractivity contribution in [1.29, 1.82) is 0 Å². The molecule has 0 amide bonds. The Kier molecular flexibility index (Phi) is 3.82. The van der Waals surface area contributed by atoms with Crippen LogP contribution in [0.15, 0.2) is 52.1 Å². The Hall–Kier alpha value is -1.18. The summed E-state index contributed by atoms with van der Waals surface area (Å²) >= 11 is 3.36. The molecule has 2 fully saturated rings. The quantitative estimate of drug-likeness (QED) is 0.801. The molecule has 122 valence electrons. The summed E-state index contributed by atoms with van der Waals surface area (Å²) in [5.74, 6) is 0. The zero-order valence-electron chi connectivity index (χ0n) is 12.5. The van der Waals surface area contributed by atoms with Gasteiger partial charge in [0.25, 0.3) is 0 Å². The van der Waals surface area contributed by atoms with E-state index >= 15 is 0 Å². The molecule has 2 bridgehead atoms. The van der Waals surface area contributed by atoms with Crippen molar-refractivity contribution >= 4 is 26.0 Å². The minimum absolute atomic E-state index is 0.0802. The van der Waals surface area contributed by atoms with Crippen LogP contribution in [0, 0.1) is 0 Å². The number of fused-ring (bicyclic) bond motifs is 2. The Bertz CT molecular complexity index is 775. The molecule has 2 aliphatic heterocycles. The van der Waals surface area contributed by atoms with Gasteiger partial charge in [0, 0.05) is 29.0 Å². The van der Waals surface area contributed by atoms with Crippen molar-refractivity contribution in [3.8, 4) is 0 Å². The molecular weight excluding hydrogens is 378 g/mol. The van der Waals surface area contributed by atoms with Crippen LogP contribution < -0.4 is 0 Å². The molecule has 7 heteroatoms. The first-order chi connectivity index (χ1) is 11.1. The van der Waals surface area contributed by atoms with Crippen LogP contribution in [0.4, 0.5) is 0 Å². The number of rotatable bonds is 3. The number of halogens is 1. The van der Waals surface area contributed by atoms with Gasteiger partial charge >= 0.3 is 0 Å². The summed E-state index contributed by atoms with van der Waals surface area (Å²) in [7, 11) is -3.42. The highest BCUT2D eigenvalue weighted by Gasteiger charge is 2.47. The van der Waals surface area contributed by atoms with Gasteiger partial charge in [0.1, 0.15) is 0 Å². The van der Waals surface area contributed by atoms with Gasteiger partial charge in [-0.25, -0.2) is 8.42 Å². The first-order valence-electron chi connectivity index (χ1n) is 7.84. The van der Waals surface area contributed by atoms with E-state index in [9.17, 15) is 8.42 Å². The van der Waals surface area contributed by atoms with Crippen LogP contribution in [0.1, 0.15) is 31.7 Å². The minimum Gasteiger partial charge on any atom is -0.270 e. The van der Waals surface area contributed by atoms with Gasteiger partial charge in [-0.3, -0.25) is 4.68 Å². The SMILES string of the molecule is O=S(=O)(c1ccc(Br)cc1)N1C2CCC1CC(n1cccn1)C2. The van der Waals surface area contributed by atoms with Crippen molar-refractivity contribution in [2.75, 3.05) is 0 Å². The molecule has 1 aromatic carbocycles. The van der Waals surface area contributed by atoms with Crippen molar-refractivity contribution in [2.24, 2.45) is 0 Å². The zero-order chi connectivity index (χ0) is 16.0. The van der Waals surface area contributed by atoms with Gasteiger partial charge in [-0.1, -0.05) is 15.9 Å². The van der Waals surface area contributed by atoms with Crippen LogP contribution in [0.25, 0.3) is 0 Å². The summed E-state index contributed by atoms with van der Waals surface area (Å²) in [6, 6.07) is 9.31. The Labute approximate surface area is 144 Å². The molecule has 23 heavy (non-hydrogen) atoms. The molecular formula is C16H18BrN3O2S. The van der Waals surface area contributed by atoms with E-state index in [0.29, 0.717) is 10.9 Å². The largest absolute Gasteiger partial charge is 0.270 e. The van der Waals surface area contributed by atoms with Crippen LogP contribution in [0.2, 0.25) is 0 Å². The first kappa shape index (κ1) is 15.4. The molecule has 2 unspecified atom stereocenters. The van der Waals surface area contributed by atoms with Crippen molar-refractivity contribution in [3.63, 3.8) is 0 Å². The standard InChI is InChI=1S/C16H18BrN3O2S/c17-12-2-6-16(7-3-12)23(21,22)20-13-4-5-14(20)11-15(10-13)19-9-1-8-18-19/h1-3,6-9,13-15H,4-5,10-11H2. The van der Waals surface area contributed by atoms with Crippen molar-refractivity contribution in [2.45, 2.75) is 48.7 Å². The molecule has 2 atom stereocenters. The van der Waals surface area contributed by atoms with Crippen molar-refractivity contribution in [1.82, 2.24) is 14.1 Å². The van der Waals surface area contributed by atoms with E-state index in [4.69, 9.17) is 0 Å². The topological polar surface area (TPSA) is 55.2 Å². The number of sulfonamides is 1. The number of hydrogen-bond acceptors (Lipinski definition) is 3. The summed E-state index contributed by atoms with van der Waals surface area (Å²) in [4.78, 5) is 0.384. The fourth-order valence-corrected chi connectivity index (χ4v) is 6.09. The van der Waals surface area contributed by atoms with Gasteiger partial charge < -0.3 is 0 Å². The second-order valence-corrected chi connectivity index (χ2v) is 9.04. The molecule has 0 N–H and O–H groups in total. The van der Waals surface area contributed by atoms with Crippen LogP contribution in [-0.2, 0) is 10.0 Å². The lowest BCUT2D eigenvalue weighted by Crippen LogP contribution is -2.46. The number of piperidine rings is 1. The lowest BCUT2D eigenvalue weighted by molar-refractivity contribution is 0.185. The molecule has 3 heterocycles. The number of aromatic nitrogens is 2. The summed E-state index contributed by atoms with van der Waals surface area (Å²) < 4.78 is 30.7. The fourth-order valence-electron chi connectivity index (χ4n) is 3.94. The van der Waals surface area contributed by atoms with E-state index in [1.165, 1.54) is 0 Å². The summed E-state index contributed by atoms with van der Waals surface area (Å²) in [5.41, 5.74) is 0. The maximum Gasteiger partial charge on any atom is 0.243 e. The van der Waals surface area contributed by atoms with Gasteiger partial charge in [-0.05, 0) is 56.0 Å². The van der Waals surface area contributed by atoms with Crippen LogP contribution in [-0.4, -0.2) is 34.6 Å². The van der Waals surface area contributed by atoms with E-state index in [2.05, 4.69) is 21.0 Å². The monoisotopic (exact) mass is 395 g/mol. The molecule has 5 nitrogen and oxygen atoms in total. The van der Waals surface area contributed by atoms with Gasteiger partial charge in [-0.15, -0.1) is 0 Å². The Morgan fingerprint density at radius 2 is 1.70 bits per heavy atom. The maximum atomic E-state index is 13.0. The van der Waals surface area contributed by atoms with E-state index < -0.39 is 10.0 Å². The lowest BCUT2D eigenvalue weighted by Gasteiger charge is -2.37. The average Bonchev–Trinajstić information content (AvgIpc) is 3.15. The molecule has 4 rings (SSSR count). The van der Waals surface area contributed by atoms with Gasteiger partial charge in [0.05, 0.1) is 10.9 Å². The molecule has 2 aromatic rings. The van der Waals surface area contributed by atoms with Gasteiger partial charge in [-0.2, -0.15) is 9.40 Å². The summed E-state index contributed by atoms with van der Waals surface area (Å²) in [6.45, 7) is 0. The first-order valence-corrected chi connectivity index (χ1v) is 10.1. The fraction of sp³-hybridized carbons (Fsp3) is 0.438. The average molecular weight is 396 g/mol. The highest BCUT2D eigenvalue weighted by atomic mass is 79.9. The Morgan fingerprint density at radius 1 is 1.04 bits per heavy atom. The summed E-state index contributed by atoms with van der Waals surface area (Å²) in [5, 5.41) is 4.34. The minimum atomic E-state index is -3.42. The van der Waals surface area contributed by atoms with Crippen LogP contribution in [0.5, 0.6) is 0 Å². The van der Waals surface area contributed by atoms with E-state index in [1.807, 2.05) is 16.9 Å². The predicted octanol–water partition coefficient (Wildman–Crippen LogP) is 3.20. The number of benzene rings is 1. The van der Waals surface area contributed by atoms with E-state index in [0.717, 1.165) is 30.2 Å². The smallest absolute Gasteiger partial charge is 0.243 e. The second-order valence-electron chi connectivity index (χ2n) is 6.29. The van der Waals surface area contributed by atoms with Crippen molar-refractivity contribution in [3.05, 3.63) is 47.2 Å². The lowest BCUT2D eigenvalue weighted by atomic mass is 10.00. The van der Waals surface area contributed by atoms with E-state index in [1.54, 1.807) is 34.8 Å². The normalized spacial score (nSPS) is 28.1. The third kappa shape index (κ3) is 2.64. The Morgan fingerprint density at radius 3 is 2.26 bits per heavy atom. The molecule has 0 aliphatic carbocycles. The molecule has 1 aromatic heterocycles. The zero-order valence-corrected chi connectivity index (χ0v) is 14.9. The third-order valence-corrected chi connectivity index (χ3v) is 7.48. The third-order valence-electron chi connectivity index (χ3n) is 4.93. The Balaban J connectivity index is 1.62.